The molecule has 0 unspecified atom stereocenters. The molecule has 1 aromatic rings. The molecule has 1 N–H and O–H groups in total. The van der Waals surface area contributed by atoms with E-state index in [1.54, 1.807) is 0 Å². The van der Waals surface area contributed by atoms with E-state index in [4.69, 9.17) is 14.6 Å². The largest absolute Gasteiger partial charge is 0.496 e. The van der Waals surface area contributed by atoms with Gasteiger partial charge in [-0.3, -0.25) is 4.79 Å². The van der Waals surface area contributed by atoms with Gasteiger partial charge in [-0.2, -0.15) is 0 Å². The molecule has 104 valence electrons. The van der Waals surface area contributed by atoms with Crippen molar-refractivity contribution in [1.82, 2.24) is 0 Å². The molecular weight excluding hydrogens is 276 g/mol. The zero-order valence-corrected chi connectivity index (χ0v) is 11.3. The van der Waals surface area contributed by atoms with Crippen molar-refractivity contribution in [1.29, 1.82) is 0 Å². The van der Waals surface area contributed by atoms with E-state index in [0.717, 1.165) is 18.4 Å². The molecule has 0 aliphatic rings. The Bertz CT molecular complexity index is 631. The van der Waals surface area contributed by atoms with Crippen molar-refractivity contribution in [2.24, 2.45) is 0 Å². The standard InChI is InChI=1S/C11H12O7S/c1-17-7-5-9(19(3,15)16)8(18-2)4-6(7)10(12)11(13)14/h4-5H,1-3H3,(H,13,14). The minimum absolute atomic E-state index is 0.118. The van der Waals surface area contributed by atoms with Crippen LogP contribution in [0.15, 0.2) is 17.0 Å². The van der Waals surface area contributed by atoms with Crippen LogP contribution in [0.3, 0.4) is 0 Å². The maximum atomic E-state index is 11.6. The molecule has 0 aromatic heterocycles. The van der Waals surface area contributed by atoms with Gasteiger partial charge in [-0.15, -0.1) is 0 Å². The molecule has 19 heavy (non-hydrogen) atoms. The number of hydrogen-bond donors (Lipinski definition) is 1. The van der Waals surface area contributed by atoms with E-state index in [9.17, 15) is 18.0 Å². The van der Waals surface area contributed by atoms with Gasteiger partial charge >= 0.3 is 5.97 Å². The minimum atomic E-state index is -3.60. The molecule has 7 nitrogen and oxygen atoms in total. The summed E-state index contributed by atoms with van der Waals surface area (Å²) in [4.78, 5) is 22.0. The summed E-state index contributed by atoms with van der Waals surface area (Å²) in [6, 6.07) is 2.09. The van der Waals surface area contributed by atoms with Crippen LogP contribution < -0.4 is 9.47 Å². The van der Waals surface area contributed by atoms with Crippen LogP contribution in [0, 0.1) is 0 Å². The SMILES string of the molecule is COc1cc(S(C)(=O)=O)c(OC)cc1C(=O)C(=O)O. The third kappa shape index (κ3) is 3.02. The van der Waals surface area contributed by atoms with E-state index in [1.165, 1.54) is 14.2 Å². The maximum Gasteiger partial charge on any atom is 0.377 e. The fourth-order valence-corrected chi connectivity index (χ4v) is 2.28. The molecular formula is C11H12O7S. The van der Waals surface area contributed by atoms with Crippen molar-refractivity contribution < 1.29 is 32.6 Å². The van der Waals surface area contributed by atoms with Crippen molar-refractivity contribution >= 4 is 21.6 Å². The molecule has 0 spiro atoms. The normalized spacial score (nSPS) is 10.9. The van der Waals surface area contributed by atoms with Crippen molar-refractivity contribution in [2.75, 3.05) is 20.5 Å². The molecule has 1 rings (SSSR count). The van der Waals surface area contributed by atoms with E-state index in [-0.39, 0.29) is 22.0 Å². The van der Waals surface area contributed by atoms with E-state index in [0.29, 0.717) is 0 Å². The molecule has 0 amide bonds. The van der Waals surface area contributed by atoms with Crippen LogP contribution in [0.2, 0.25) is 0 Å². The Hall–Kier alpha value is -2.09. The molecule has 1 aromatic carbocycles. The zero-order chi connectivity index (χ0) is 14.8. The van der Waals surface area contributed by atoms with Gasteiger partial charge in [0.2, 0.25) is 0 Å². The lowest BCUT2D eigenvalue weighted by Crippen LogP contribution is -2.15. The van der Waals surface area contributed by atoms with Crippen LogP contribution in [0.4, 0.5) is 0 Å². The number of sulfone groups is 1. The van der Waals surface area contributed by atoms with Gasteiger partial charge in [0, 0.05) is 12.3 Å². The van der Waals surface area contributed by atoms with Crippen LogP contribution in [0.5, 0.6) is 11.5 Å². The van der Waals surface area contributed by atoms with Crippen LogP contribution in [0.1, 0.15) is 10.4 Å². The topological polar surface area (TPSA) is 107 Å². The number of ketones is 1. The summed E-state index contributed by atoms with van der Waals surface area (Å²) in [5.41, 5.74) is -0.278. The number of benzene rings is 1. The minimum Gasteiger partial charge on any atom is -0.496 e. The number of ether oxygens (including phenoxy) is 2. The molecule has 0 aliphatic heterocycles. The number of methoxy groups -OCH3 is 2. The lowest BCUT2D eigenvalue weighted by Gasteiger charge is -2.12. The number of hydrogen-bond acceptors (Lipinski definition) is 6. The highest BCUT2D eigenvalue weighted by molar-refractivity contribution is 7.90. The van der Waals surface area contributed by atoms with E-state index >= 15 is 0 Å². The van der Waals surface area contributed by atoms with E-state index in [2.05, 4.69) is 0 Å². The van der Waals surface area contributed by atoms with Gasteiger partial charge in [0.1, 0.15) is 16.4 Å². The molecule has 0 fully saturated rings. The smallest absolute Gasteiger partial charge is 0.377 e. The molecule has 0 radical (unpaired) electrons. The molecule has 0 atom stereocenters. The van der Waals surface area contributed by atoms with Gasteiger partial charge in [-0.05, 0) is 6.07 Å². The second kappa shape index (κ2) is 5.27. The molecule has 0 heterocycles. The van der Waals surface area contributed by atoms with Crippen LogP contribution in [0.25, 0.3) is 0 Å². The average molecular weight is 288 g/mol. The predicted octanol–water partition coefficient (Wildman–Crippen LogP) is 0.375. The highest BCUT2D eigenvalue weighted by atomic mass is 32.2. The summed E-state index contributed by atoms with van der Waals surface area (Å²) >= 11 is 0. The lowest BCUT2D eigenvalue weighted by molar-refractivity contribution is -0.131. The second-order valence-corrected chi connectivity index (χ2v) is 5.59. The summed E-state index contributed by atoms with van der Waals surface area (Å²) in [7, 11) is -1.19. The highest BCUT2D eigenvalue weighted by Crippen LogP contribution is 2.32. The number of aliphatic carboxylic acids is 1. The van der Waals surface area contributed by atoms with Crippen LogP contribution in [-0.4, -0.2) is 45.8 Å². The summed E-state index contributed by atoms with van der Waals surface area (Å²) in [6.07, 6.45) is 0.961. The van der Waals surface area contributed by atoms with Gasteiger partial charge in [-0.25, -0.2) is 13.2 Å². The van der Waals surface area contributed by atoms with Crippen LogP contribution >= 0.6 is 0 Å². The Balaban J connectivity index is 3.62. The average Bonchev–Trinajstić information content (AvgIpc) is 2.34. The van der Waals surface area contributed by atoms with Gasteiger partial charge in [0.15, 0.2) is 9.84 Å². The van der Waals surface area contributed by atoms with Gasteiger partial charge < -0.3 is 14.6 Å². The number of rotatable bonds is 5. The van der Waals surface area contributed by atoms with Crippen molar-refractivity contribution in [3.63, 3.8) is 0 Å². The van der Waals surface area contributed by atoms with Gasteiger partial charge in [0.05, 0.1) is 19.8 Å². The Kier molecular flexibility index (Phi) is 4.15. The number of carbonyl (C=O) groups excluding carboxylic acids is 1. The summed E-state index contributed by atoms with van der Waals surface area (Å²) in [5.74, 6) is -3.15. The highest BCUT2D eigenvalue weighted by Gasteiger charge is 2.25. The van der Waals surface area contributed by atoms with Crippen molar-refractivity contribution in [3.8, 4) is 11.5 Å². The first-order chi connectivity index (χ1) is 8.72. The Morgan fingerprint density at radius 1 is 1.11 bits per heavy atom. The monoisotopic (exact) mass is 288 g/mol. The third-order valence-corrected chi connectivity index (χ3v) is 3.44. The first-order valence-corrected chi connectivity index (χ1v) is 6.85. The fraction of sp³-hybridized carbons (Fsp3) is 0.273. The number of carbonyl (C=O) groups is 2. The summed E-state index contributed by atoms with van der Waals surface area (Å²) in [5, 5.41) is 8.68. The Morgan fingerprint density at radius 3 is 2.00 bits per heavy atom. The predicted molar refractivity (Wildman–Crippen MR) is 64.6 cm³/mol. The second-order valence-electron chi connectivity index (χ2n) is 3.61. The quantitative estimate of drug-likeness (QED) is 0.616. The molecule has 0 saturated carbocycles. The lowest BCUT2D eigenvalue weighted by atomic mass is 10.1. The molecule has 0 saturated heterocycles. The third-order valence-electron chi connectivity index (χ3n) is 2.32. The fourth-order valence-electron chi connectivity index (χ4n) is 1.45. The Labute approximate surface area is 109 Å². The van der Waals surface area contributed by atoms with E-state index < -0.39 is 21.6 Å². The summed E-state index contributed by atoms with van der Waals surface area (Å²) < 4.78 is 32.8. The van der Waals surface area contributed by atoms with Crippen LogP contribution in [-0.2, 0) is 14.6 Å². The van der Waals surface area contributed by atoms with Crippen molar-refractivity contribution in [2.45, 2.75) is 4.90 Å². The van der Waals surface area contributed by atoms with Gasteiger partial charge in [0.25, 0.3) is 5.78 Å². The number of carboxylic acid groups (broad SMARTS) is 1. The Morgan fingerprint density at radius 2 is 1.63 bits per heavy atom. The van der Waals surface area contributed by atoms with Crippen molar-refractivity contribution in [3.05, 3.63) is 17.7 Å². The number of carboxylic acids is 1. The maximum absolute atomic E-state index is 11.6. The molecule has 0 bridgehead atoms. The molecule has 0 aliphatic carbocycles. The van der Waals surface area contributed by atoms with E-state index in [1.807, 2.05) is 0 Å². The number of Topliss-reactive ketones (excluding diaryl/α,β-unsaturated/α-hetero) is 1. The summed E-state index contributed by atoms with van der Waals surface area (Å²) in [6.45, 7) is 0. The molecule has 8 heteroatoms. The first-order valence-electron chi connectivity index (χ1n) is 4.96. The van der Waals surface area contributed by atoms with Gasteiger partial charge in [-0.1, -0.05) is 0 Å². The first kappa shape index (κ1) is 15.0. The zero-order valence-electron chi connectivity index (χ0n) is 10.5.